The minimum atomic E-state index is -3.50. The van der Waals surface area contributed by atoms with Crippen LogP contribution < -0.4 is 4.72 Å². The molecule has 0 unspecified atom stereocenters. The summed E-state index contributed by atoms with van der Waals surface area (Å²) < 4.78 is 34.7. The van der Waals surface area contributed by atoms with Crippen LogP contribution in [0.2, 0.25) is 0 Å². The van der Waals surface area contributed by atoms with Crippen LogP contribution in [0.25, 0.3) is 21.0 Å². The van der Waals surface area contributed by atoms with Crippen LogP contribution in [0, 0.1) is 0 Å². The molecule has 1 aliphatic heterocycles. The predicted octanol–water partition coefficient (Wildman–Crippen LogP) is 4.20. The van der Waals surface area contributed by atoms with Gasteiger partial charge in [-0.3, -0.25) is 4.79 Å². The second kappa shape index (κ2) is 8.19. The van der Waals surface area contributed by atoms with Gasteiger partial charge >= 0.3 is 0 Å². The molecule has 0 atom stereocenters. The molecule has 7 nitrogen and oxygen atoms in total. The number of carbonyl (C=O) groups excluding carboxylic acids is 1. The van der Waals surface area contributed by atoms with Crippen molar-refractivity contribution in [3.8, 4) is 10.8 Å². The van der Waals surface area contributed by atoms with Gasteiger partial charge in [-0.1, -0.05) is 18.2 Å². The first-order valence-electron chi connectivity index (χ1n) is 9.80. The highest BCUT2D eigenvalue weighted by molar-refractivity contribution is 7.91. The van der Waals surface area contributed by atoms with Crippen LogP contribution in [-0.2, 0) is 10.0 Å². The van der Waals surface area contributed by atoms with E-state index in [4.69, 9.17) is 4.42 Å². The van der Waals surface area contributed by atoms with Crippen molar-refractivity contribution in [1.82, 2.24) is 14.6 Å². The first-order valence-corrected chi connectivity index (χ1v) is 13.0. The van der Waals surface area contributed by atoms with Gasteiger partial charge in [0, 0.05) is 19.1 Å². The summed E-state index contributed by atoms with van der Waals surface area (Å²) in [6.45, 7) is 0.932. The maximum Gasteiger partial charge on any atom is 0.289 e. The lowest BCUT2D eigenvalue weighted by Crippen LogP contribution is -2.46. The maximum atomic E-state index is 12.9. The Labute approximate surface area is 187 Å². The molecule has 0 saturated carbocycles. The summed E-state index contributed by atoms with van der Waals surface area (Å²) >= 11 is 2.71. The van der Waals surface area contributed by atoms with Crippen molar-refractivity contribution in [2.24, 2.45) is 0 Å². The van der Waals surface area contributed by atoms with Crippen molar-refractivity contribution in [2.45, 2.75) is 23.1 Å². The Kier molecular flexibility index (Phi) is 5.39. The standard InChI is InChI=1S/C21H19N3O4S3/c25-21(17-8-7-16(28-17)20-22-15-4-1-2-5-18(15)30-20)24-11-9-14(10-12-24)23-31(26,27)19-6-3-13-29-19/h1-8,13-14,23H,9-12H2. The minimum Gasteiger partial charge on any atom is -0.448 e. The van der Waals surface area contributed by atoms with Gasteiger partial charge in [0.05, 0.1) is 10.2 Å². The number of nitrogens with one attached hydrogen (secondary N) is 1. The van der Waals surface area contributed by atoms with Crippen LogP contribution >= 0.6 is 22.7 Å². The van der Waals surface area contributed by atoms with E-state index in [1.165, 1.54) is 22.7 Å². The van der Waals surface area contributed by atoms with Gasteiger partial charge in [-0.25, -0.2) is 18.1 Å². The molecule has 160 valence electrons. The minimum absolute atomic E-state index is 0.188. The van der Waals surface area contributed by atoms with E-state index in [1.54, 1.807) is 34.5 Å². The quantitative estimate of drug-likeness (QED) is 0.469. The Bertz CT molecular complexity index is 1280. The number of furan rings is 1. The van der Waals surface area contributed by atoms with E-state index in [0.29, 0.717) is 35.9 Å². The number of hydrogen-bond donors (Lipinski definition) is 1. The number of thiazole rings is 1. The molecule has 10 heteroatoms. The molecule has 0 aliphatic carbocycles. The van der Waals surface area contributed by atoms with E-state index in [1.807, 2.05) is 24.3 Å². The van der Waals surface area contributed by atoms with E-state index in [0.717, 1.165) is 15.2 Å². The SMILES string of the molecule is O=C(c1ccc(-c2nc3ccccc3s2)o1)N1CCC(NS(=O)(=O)c2cccs2)CC1. The van der Waals surface area contributed by atoms with Gasteiger partial charge in [0.25, 0.3) is 5.91 Å². The fourth-order valence-corrected chi connectivity index (χ4v) is 6.84. The van der Waals surface area contributed by atoms with E-state index in [9.17, 15) is 13.2 Å². The summed E-state index contributed by atoms with van der Waals surface area (Å²) in [5.74, 6) is 0.655. The number of piperidine rings is 1. The van der Waals surface area contributed by atoms with Crippen molar-refractivity contribution in [2.75, 3.05) is 13.1 Å². The molecular weight excluding hydrogens is 454 g/mol. The van der Waals surface area contributed by atoms with Gasteiger partial charge in [0.2, 0.25) is 10.0 Å². The molecule has 31 heavy (non-hydrogen) atoms. The van der Waals surface area contributed by atoms with Gasteiger partial charge in [-0.2, -0.15) is 0 Å². The number of nitrogens with zero attached hydrogens (tertiary/aromatic N) is 2. The van der Waals surface area contributed by atoms with E-state index < -0.39 is 10.0 Å². The van der Waals surface area contributed by atoms with Crippen molar-refractivity contribution in [1.29, 1.82) is 0 Å². The Hall–Kier alpha value is -2.53. The summed E-state index contributed by atoms with van der Waals surface area (Å²) in [5, 5.41) is 2.48. The average molecular weight is 474 g/mol. The first kappa shape index (κ1) is 20.4. The number of likely N-dealkylation sites (tertiary alicyclic amines) is 1. The molecule has 4 aromatic rings. The summed E-state index contributed by atoms with van der Waals surface area (Å²) in [4.78, 5) is 19.1. The summed E-state index contributed by atoms with van der Waals surface area (Å²) in [5.41, 5.74) is 0.902. The molecule has 5 rings (SSSR count). The van der Waals surface area contributed by atoms with Crippen molar-refractivity contribution in [3.05, 3.63) is 59.7 Å². The summed E-state index contributed by atoms with van der Waals surface area (Å²) in [6, 6.07) is 14.4. The number of rotatable bonds is 5. The van der Waals surface area contributed by atoms with Gasteiger partial charge in [-0.15, -0.1) is 22.7 Å². The largest absolute Gasteiger partial charge is 0.448 e. The third kappa shape index (κ3) is 4.16. The fourth-order valence-electron chi connectivity index (χ4n) is 3.60. The highest BCUT2D eigenvalue weighted by Gasteiger charge is 2.29. The summed E-state index contributed by atoms with van der Waals surface area (Å²) in [7, 11) is -3.50. The smallest absolute Gasteiger partial charge is 0.289 e. The molecule has 3 aromatic heterocycles. The van der Waals surface area contributed by atoms with E-state index in [2.05, 4.69) is 9.71 Å². The third-order valence-electron chi connectivity index (χ3n) is 5.19. The Morgan fingerprint density at radius 3 is 2.65 bits per heavy atom. The zero-order valence-corrected chi connectivity index (χ0v) is 18.8. The first-order chi connectivity index (χ1) is 15.0. The molecule has 1 saturated heterocycles. The van der Waals surface area contributed by atoms with E-state index in [-0.39, 0.29) is 17.7 Å². The van der Waals surface area contributed by atoms with Crippen molar-refractivity contribution < 1.29 is 17.6 Å². The number of fused-ring (bicyclic) bond motifs is 1. The molecule has 1 aromatic carbocycles. The second-order valence-electron chi connectivity index (χ2n) is 7.27. The number of amides is 1. The highest BCUT2D eigenvalue weighted by Crippen LogP contribution is 2.31. The zero-order valence-electron chi connectivity index (χ0n) is 16.4. The van der Waals surface area contributed by atoms with Gasteiger partial charge < -0.3 is 9.32 Å². The number of carbonyl (C=O) groups is 1. The third-order valence-corrected chi connectivity index (χ3v) is 9.15. The number of sulfonamides is 1. The number of thiophene rings is 1. The van der Waals surface area contributed by atoms with Crippen LogP contribution in [0.4, 0.5) is 0 Å². The zero-order chi connectivity index (χ0) is 21.4. The maximum absolute atomic E-state index is 12.9. The lowest BCUT2D eigenvalue weighted by molar-refractivity contribution is 0.0680. The molecule has 0 bridgehead atoms. The van der Waals surface area contributed by atoms with Gasteiger partial charge in [0.15, 0.2) is 16.5 Å². The lowest BCUT2D eigenvalue weighted by atomic mass is 10.1. The molecule has 1 fully saturated rings. The van der Waals surface area contributed by atoms with Crippen LogP contribution in [0.15, 0.2) is 62.5 Å². The van der Waals surface area contributed by atoms with Gasteiger partial charge in [0.1, 0.15) is 4.21 Å². The monoisotopic (exact) mass is 473 g/mol. The van der Waals surface area contributed by atoms with Gasteiger partial charge in [-0.05, 0) is 48.6 Å². The molecular formula is C21H19N3O4S3. The Morgan fingerprint density at radius 1 is 1.10 bits per heavy atom. The Balaban J connectivity index is 1.23. The molecule has 0 radical (unpaired) electrons. The van der Waals surface area contributed by atoms with Crippen LogP contribution in [0.3, 0.4) is 0 Å². The highest BCUT2D eigenvalue weighted by atomic mass is 32.2. The normalized spacial score (nSPS) is 15.5. The second-order valence-corrected chi connectivity index (χ2v) is 11.2. The predicted molar refractivity (Wildman–Crippen MR) is 121 cm³/mol. The van der Waals surface area contributed by atoms with Crippen LogP contribution in [-0.4, -0.2) is 43.3 Å². The van der Waals surface area contributed by atoms with Crippen LogP contribution in [0.1, 0.15) is 23.4 Å². The topological polar surface area (TPSA) is 92.5 Å². The molecule has 1 aliphatic rings. The van der Waals surface area contributed by atoms with Crippen LogP contribution in [0.5, 0.6) is 0 Å². The van der Waals surface area contributed by atoms with Crippen molar-refractivity contribution >= 4 is 48.8 Å². The summed E-state index contributed by atoms with van der Waals surface area (Å²) in [6.07, 6.45) is 1.11. The van der Waals surface area contributed by atoms with E-state index >= 15 is 0 Å². The average Bonchev–Trinajstić information content (AvgIpc) is 3.54. The molecule has 1 N–H and O–H groups in total. The lowest BCUT2D eigenvalue weighted by Gasteiger charge is -2.31. The molecule has 4 heterocycles. The molecule has 1 amide bonds. The molecule has 0 spiro atoms. The fraction of sp³-hybridized carbons (Fsp3) is 0.238. The number of benzene rings is 1. The number of para-hydroxylation sites is 1. The number of aromatic nitrogens is 1. The number of hydrogen-bond acceptors (Lipinski definition) is 7. The van der Waals surface area contributed by atoms with Crippen molar-refractivity contribution in [3.63, 3.8) is 0 Å². The Morgan fingerprint density at radius 2 is 1.90 bits per heavy atom.